The minimum atomic E-state index is -0.805. The molecular formula is C17H12FNO5. The highest BCUT2D eigenvalue weighted by molar-refractivity contribution is 6.20. The molecule has 0 unspecified atom stereocenters. The molecule has 0 radical (unpaired) electrons. The maximum atomic E-state index is 13.0. The first-order valence-corrected chi connectivity index (χ1v) is 7.13. The van der Waals surface area contributed by atoms with Gasteiger partial charge < -0.3 is 9.57 Å². The van der Waals surface area contributed by atoms with Crippen molar-refractivity contribution in [3.8, 4) is 5.75 Å². The zero-order valence-electron chi connectivity index (χ0n) is 12.4. The SMILES string of the molecule is O=C(CCOc1cccc(F)c1)ON1C(=O)c2ccccc2C1=O. The number of nitrogens with zero attached hydrogens (tertiary/aromatic N) is 1. The second kappa shape index (κ2) is 6.49. The zero-order chi connectivity index (χ0) is 17.1. The average molecular weight is 329 g/mol. The van der Waals surface area contributed by atoms with Gasteiger partial charge in [-0.25, -0.2) is 9.18 Å². The second-order valence-corrected chi connectivity index (χ2v) is 4.97. The smallest absolute Gasteiger partial charge is 0.336 e. The molecule has 0 atom stereocenters. The molecule has 0 bridgehead atoms. The highest BCUT2D eigenvalue weighted by atomic mass is 19.1. The van der Waals surface area contributed by atoms with Crippen molar-refractivity contribution in [1.29, 1.82) is 0 Å². The monoisotopic (exact) mass is 329 g/mol. The first kappa shape index (κ1) is 15.7. The van der Waals surface area contributed by atoms with Gasteiger partial charge in [-0.3, -0.25) is 9.59 Å². The number of carbonyl (C=O) groups excluding carboxylic acids is 3. The van der Waals surface area contributed by atoms with Crippen LogP contribution in [0.4, 0.5) is 4.39 Å². The minimum Gasteiger partial charge on any atom is -0.493 e. The van der Waals surface area contributed by atoms with E-state index in [1.165, 1.54) is 30.3 Å². The first-order valence-electron chi connectivity index (χ1n) is 7.13. The Labute approximate surface area is 136 Å². The van der Waals surface area contributed by atoms with Gasteiger partial charge >= 0.3 is 5.97 Å². The summed E-state index contributed by atoms with van der Waals surface area (Å²) >= 11 is 0. The molecule has 0 saturated carbocycles. The van der Waals surface area contributed by atoms with E-state index in [9.17, 15) is 18.8 Å². The van der Waals surface area contributed by atoms with E-state index < -0.39 is 23.6 Å². The van der Waals surface area contributed by atoms with Crippen molar-refractivity contribution in [1.82, 2.24) is 5.06 Å². The van der Waals surface area contributed by atoms with Crippen molar-refractivity contribution in [2.75, 3.05) is 6.61 Å². The molecule has 1 aliphatic heterocycles. The van der Waals surface area contributed by atoms with Crippen LogP contribution in [0.1, 0.15) is 27.1 Å². The van der Waals surface area contributed by atoms with E-state index in [0.29, 0.717) is 5.06 Å². The van der Waals surface area contributed by atoms with E-state index >= 15 is 0 Å². The third-order valence-corrected chi connectivity index (χ3v) is 3.32. The Morgan fingerprint density at radius 2 is 1.67 bits per heavy atom. The van der Waals surface area contributed by atoms with E-state index in [0.717, 1.165) is 0 Å². The number of benzene rings is 2. The Morgan fingerprint density at radius 1 is 1.00 bits per heavy atom. The van der Waals surface area contributed by atoms with E-state index in [4.69, 9.17) is 9.57 Å². The maximum Gasteiger partial charge on any atom is 0.336 e. The van der Waals surface area contributed by atoms with Crippen LogP contribution in [0.5, 0.6) is 5.75 Å². The van der Waals surface area contributed by atoms with Gasteiger partial charge in [0.15, 0.2) is 0 Å². The van der Waals surface area contributed by atoms with Crippen molar-refractivity contribution in [3.05, 3.63) is 65.5 Å². The Bertz CT molecular complexity index is 785. The molecule has 0 aromatic heterocycles. The van der Waals surface area contributed by atoms with Crippen molar-refractivity contribution in [3.63, 3.8) is 0 Å². The Kier molecular flexibility index (Phi) is 4.24. The number of hydrogen-bond donors (Lipinski definition) is 0. The van der Waals surface area contributed by atoms with Gasteiger partial charge in [0, 0.05) is 6.07 Å². The molecular weight excluding hydrogens is 317 g/mol. The number of halogens is 1. The molecule has 0 aliphatic carbocycles. The minimum absolute atomic E-state index is 0.0779. The van der Waals surface area contributed by atoms with E-state index in [1.54, 1.807) is 18.2 Å². The number of hydrogen-bond acceptors (Lipinski definition) is 5. The molecule has 0 spiro atoms. The maximum absolute atomic E-state index is 13.0. The number of fused-ring (bicyclic) bond motifs is 1. The number of ether oxygens (including phenoxy) is 1. The lowest BCUT2D eigenvalue weighted by atomic mass is 10.1. The molecule has 0 saturated heterocycles. The lowest BCUT2D eigenvalue weighted by Gasteiger charge is -2.12. The number of carbonyl (C=O) groups is 3. The summed E-state index contributed by atoms with van der Waals surface area (Å²) in [5.74, 6) is -2.37. The third-order valence-electron chi connectivity index (χ3n) is 3.32. The molecule has 122 valence electrons. The molecule has 0 fully saturated rings. The summed E-state index contributed by atoms with van der Waals surface area (Å²) in [5.41, 5.74) is 0.373. The van der Waals surface area contributed by atoms with Gasteiger partial charge in [0.25, 0.3) is 11.8 Å². The molecule has 0 N–H and O–H groups in total. The van der Waals surface area contributed by atoms with Crippen LogP contribution in [0.15, 0.2) is 48.5 Å². The van der Waals surface area contributed by atoms with E-state index in [1.807, 2.05) is 0 Å². The summed E-state index contributed by atoms with van der Waals surface area (Å²) < 4.78 is 18.2. The van der Waals surface area contributed by atoms with Gasteiger partial charge in [-0.2, -0.15) is 0 Å². The van der Waals surface area contributed by atoms with Crippen LogP contribution < -0.4 is 4.74 Å². The van der Waals surface area contributed by atoms with E-state index in [-0.39, 0.29) is 29.9 Å². The predicted octanol–water partition coefficient (Wildman–Crippen LogP) is 2.35. The van der Waals surface area contributed by atoms with E-state index in [2.05, 4.69) is 0 Å². The number of amides is 2. The van der Waals surface area contributed by atoms with Crippen LogP contribution in [-0.4, -0.2) is 29.5 Å². The van der Waals surface area contributed by atoms with Gasteiger partial charge in [-0.15, -0.1) is 0 Å². The van der Waals surface area contributed by atoms with Gasteiger partial charge in [-0.05, 0) is 24.3 Å². The van der Waals surface area contributed by atoms with Crippen LogP contribution in [0.25, 0.3) is 0 Å². The Balaban J connectivity index is 1.54. The fourth-order valence-corrected chi connectivity index (χ4v) is 2.21. The molecule has 1 aliphatic rings. The van der Waals surface area contributed by atoms with Crippen LogP contribution in [-0.2, 0) is 9.63 Å². The normalized spacial score (nSPS) is 13.0. The zero-order valence-corrected chi connectivity index (χ0v) is 12.4. The average Bonchev–Trinajstić information content (AvgIpc) is 2.80. The van der Waals surface area contributed by atoms with Crippen molar-refractivity contribution < 1.29 is 28.3 Å². The lowest BCUT2D eigenvalue weighted by Crippen LogP contribution is -2.33. The van der Waals surface area contributed by atoms with Gasteiger partial charge in [-0.1, -0.05) is 23.3 Å². The Hall–Kier alpha value is -3.22. The van der Waals surface area contributed by atoms with Crippen molar-refractivity contribution in [2.24, 2.45) is 0 Å². The molecule has 3 rings (SSSR count). The van der Waals surface area contributed by atoms with Crippen LogP contribution in [0.3, 0.4) is 0 Å². The third kappa shape index (κ3) is 3.10. The summed E-state index contributed by atoms with van der Waals surface area (Å²) in [6.07, 6.45) is -0.204. The van der Waals surface area contributed by atoms with Crippen molar-refractivity contribution in [2.45, 2.75) is 6.42 Å². The highest BCUT2D eigenvalue weighted by Gasteiger charge is 2.38. The van der Waals surface area contributed by atoms with Crippen LogP contribution in [0.2, 0.25) is 0 Å². The topological polar surface area (TPSA) is 72.9 Å². The quantitative estimate of drug-likeness (QED) is 0.787. The summed E-state index contributed by atoms with van der Waals surface area (Å²) in [6, 6.07) is 11.6. The summed E-state index contributed by atoms with van der Waals surface area (Å²) in [4.78, 5) is 40.7. The number of rotatable bonds is 5. The standard InChI is InChI=1S/C17H12FNO5/c18-11-4-3-5-12(10-11)23-9-8-15(20)24-19-16(21)13-6-1-2-7-14(13)17(19)22/h1-7,10H,8-9H2. The molecule has 6 nitrogen and oxygen atoms in total. The lowest BCUT2D eigenvalue weighted by molar-refractivity contribution is -0.169. The highest BCUT2D eigenvalue weighted by Crippen LogP contribution is 2.22. The van der Waals surface area contributed by atoms with Gasteiger partial charge in [0.2, 0.25) is 0 Å². The molecule has 7 heteroatoms. The molecule has 24 heavy (non-hydrogen) atoms. The summed E-state index contributed by atoms with van der Waals surface area (Å²) in [6.45, 7) is -0.0779. The van der Waals surface area contributed by atoms with Gasteiger partial charge in [0.05, 0.1) is 24.2 Å². The molecule has 2 aromatic rings. The molecule has 2 aromatic carbocycles. The largest absolute Gasteiger partial charge is 0.493 e. The fourth-order valence-electron chi connectivity index (χ4n) is 2.21. The summed E-state index contributed by atoms with van der Waals surface area (Å²) in [5, 5.41) is 0.440. The molecule has 1 heterocycles. The van der Waals surface area contributed by atoms with Crippen molar-refractivity contribution >= 4 is 17.8 Å². The second-order valence-electron chi connectivity index (χ2n) is 4.97. The summed E-state index contributed by atoms with van der Waals surface area (Å²) in [7, 11) is 0. The first-order chi connectivity index (χ1) is 11.6. The fraction of sp³-hybridized carbons (Fsp3) is 0.118. The number of hydroxylamine groups is 2. The number of imide groups is 1. The predicted molar refractivity (Wildman–Crippen MR) is 79.5 cm³/mol. The van der Waals surface area contributed by atoms with Crippen LogP contribution in [0, 0.1) is 5.82 Å². The van der Waals surface area contributed by atoms with Gasteiger partial charge in [0.1, 0.15) is 11.6 Å². The Morgan fingerprint density at radius 3 is 2.29 bits per heavy atom. The molecule has 2 amide bonds. The van der Waals surface area contributed by atoms with Crippen LogP contribution >= 0.6 is 0 Å².